The zero-order valence-electron chi connectivity index (χ0n) is 15.6. The third-order valence-electron chi connectivity index (χ3n) is 5.65. The average Bonchev–Trinajstić information content (AvgIpc) is 2.64. The van der Waals surface area contributed by atoms with Gasteiger partial charge in [0, 0.05) is 18.0 Å². The fourth-order valence-corrected chi connectivity index (χ4v) is 3.95. The number of nitrogens with zero attached hydrogens (tertiary/aromatic N) is 1. The summed E-state index contributed by atoms with van der Waals surface area (Å²) in [6, 6.07) is 8.47. The van der Waals surface area contributed by atoms with Gasteiger partial charge in [-0.05, 0) is 68.0 Å². The van der Waals surface area contributed by atoms with E-state index in [1.54, 1.807) is 0 Å². The molecule has 0 radical (unpaired) electrons. The number of hydrogen-bond donors (Lipinski definition) is 1. The smallest absolute Gasteiger partial charge is 0.211 e. The molecular formula is C22H28N2O. The molecule has 2 aromatic rings. The van der Waals surface area contributed by atoms with Crippen molar-refractivity contribution in [3.8, 4) is 0 Å². The van der Waals surface area contributed by atoms with Gasteiger partial charge in [0.05, 0.1) is 11.4 Å². The molecule has 1 N–H and O–H groups in total. The van der Waals surface area contributed by atoms with Crippen molar-refractivity contribution in [2.75, 3.05) is 5.32 Å². The largest absolute Gasteiger partial charge is 0.327 e. The van der Waals surface area contributed by atoms with Gasteiger partial charge in [0.1, 0.15) is 0 Å². The van der Waals surface area contributed by atoms with Crippen LogP contribution in [0, 0.1) is 20.8 Å². The monoisotopic (exact) mass is 336 g/mol. The third kappa shape index (κ3) is 3.92. The number of benzene rings is 1. The van der Waals surface area contributed by atoms with Crippen molar-refractivity contribution in [1.82, 2.24) is 4.98 Å². The first-order valence-electron chi connectivity index (χ1n) is 9.36. The highest BCUT2D eigenvalue weighted by Gasteiger charge is 2.21. The zero-order valence-corrected chi connectivity index (χ0v) is 15.6. The Kier molecular flexibility index (Phi) is 5.52. The molecule has 0 aliphatic heterocycles. The van der Waals surface area contributed by atoms with Crippen LogP contribution in [0.25, 0.3) is 0 Å². The molecule has 0 unspecified atom stereocenters. The molecule has 0 spiro atoms. The van der Waals surface area contributed by atoms with E-state index in [-0.39, 0.29) is 0 Å². The number of pyridine rings is 1. The maximum Gasteiger partial charge on any atom is 0.211 e. The van der Waals surface area contributed by atoms with Crippen LogP contribution in [-0.4, -0.2) is 11.4 Å². The molecule has 1 amide bonds. The molecule has 1 aromatic carbocycles. The lowest BCUT2D eigenvalue weighted by atomic mass is 9.85. The van der Waals surface area contributed by atoms with E-state index >= 15 is 0 Å². The van der Waals surface area contributed by atoms with Gasteiger partial charge in [-0.1, -0.05) is 31.4 Å². The van der Waals surface area contributed by atoms with Gasteiger partial charge in [-0.2, -0.15) is 0 Å². The van der Waals surface area contributed by atoms with Crippen LogP contribution in [0.3, 0.4) is 0 Å². The maximum atomic E-state index is 11.0. The Bertz CT molecular complexity index is 761. The van der Waals surface area contributed by atoms with Gasteiger partial charge in [-0.15, -0.1) is 0 Å². The van der Waals surface area contributed by atoms with E-state index in [1.807, 2.05) is 6.07 Å². The van der Waals surface area contributed by atoms with Crippen molar-refractivity contribution in [3.05, 3.63) is 57.9 Å². The second-order valence-corrected chi connectivity index (χ2v) is 7.31. The number of carbonyl (C=O) groups excluding carboxylic acids is 1. The molecule has 3 heteroatoms. The number of nitrogens with one attached hydrogen (secondary N) is 1. The van der Waals surface area contributed by atoms with Crippen LogP contribution in [0.2, 0.25) is 0 Å². The lowest BCUT2D eigenvalue weighted by Gasteiger charge is -2.24. The number of hydrogen-bond acceptors (Lipinski definition) is 2. The minimum absolute atomic E-state index is 0.468. The SMILES string of the molecule is Cc1ccc(C)c(Cc2ccc(NC=O)c(C3CCCCC3)n2)c1C. The second-order valence-electron chi connectivity index (χ2n) is 7.31. The van der Waals surface area contributed by atoms with Crippen LogP contribution in [0.4, 0.5) is 5.69 Å². The molecule has 1 aliphatic rings. The number of aromatic nitrogens is 1. The zero-order chi connectivity index (χ0) is 17.8. The van der Waals surface area contributed by atoms with Crippen molar-refractivity contribution >= 4 is 12.1 Å². The van der Waals surface area contributed by atoms with Crippen molar-refractivity contribution in [2.24, 2.45) is 0 Å². The average molecular weight is 336 g/mol. The van der Waals surface area contributed by atoms with Gasteiger partial charge >= 0.3 is 0 Å². The Morgan fingerprint density at radius 2 is 1.76 bits per heavy atom. The normalized spacial score (nSPS) is 15.2. The summed E-state index contributed by atoms with van der Waals surface area (Å²) in [4.78, 5) is 16.0. The highest BCUT2D eigenvalue weighted by Crippen LogP contribution is 2.35. The number of rotatable bonds is 5. The van der Waals surface area contributed by atoms with Gasteiger partial charge in [0.2, 0.25) is 6.41 Å². The molecule has 0 bridgehead atoms. The first-order chi connectivity index (χ1) is 12.1. The molecule has 0 atom stereocenters. The fraction of sp³-hybridized carbons (Fsp3) is 0.455. The quantitative estimate of drug-likeness (QED) is 0.761. The third-order valence-corrected chi connectivity index (χ3v) is 5.65. The Hall–Kier alpha value is -2.16. The van der Waals surface area contributed by atoms with E-state index in [4.69, 9.17) is 4.98 Å². The van der Waals surface area contributed by atoms with Crippen LogP contribution >= 0.6 is 0 Å². The molecule has 132 valence electrons. The summed E-state index contributed by atoms with van der Waals surface area (Å²) in [7, 11) is 0. The summed E-state index contributed by atoms with van der Waals surface area (Å²) >= 11 is 0. The molecule has 25 heavy (non-hydrogen) atoms. The van der Waals surface area contributed by atoms with E-state index in [1.165, 1.54) is 54.4 Å². The molecule has 3 nitrogen and oxygen atoms in total. The second kappa shape index (κ2) is 7.81. The molecule has 0 saturated heterocycles. The van der Waals surface area contributed by atoms with Crippen LogP contribution in [0.5, 0.6) is 0 Å². The summed E-state index contributed by atoms with van der Waals surface area (Å²) in [6.07, 6.45) is 7.78. The Morgan fingerprint density at radius 1 is 1.04 bits per heavy atom. The lowest BCUT2D eigenvalue weighted by molar-refractivity contribution is -0.105. The van der Waals surface area contributed by atoms with E-state index in [9.17, 15) is 4.79 Å². The molecule has 1 fully saturated rings. The summed E-state index contributed by atoms with van der Waals surface area (Å²) in [6.45, 7) is 6.53. The Morgan fingerprint density at radius 3 is 2.48 bits per heavy atom. The van der Waals surface area contributed by atoms with Crippen LogP contribution in [-0.2, 0) is 11.2 Å². The topological polar surface area (TPSA) is 42.0 Å². The predicted molar refractivity (Wildman–Crippen MR) is 103 cm³/mol. The van der Waals surface area contributed by atoms with Crippen LogP contribution in [0.1, 0.15) is 71.7 Å². The summed E-state index contributed by atoms with van der Waals surface area (Å²) < 4.78 is 0. The highest BCUT2D eigenvalue weighted by molar-refractivity contribution is 5.73. The number of amides is 1. The van der Waals surface area contributed by atoms with Crippen LogP contribution in [0.15, 0.2) is 24.3 Å². The van der Waals surface area contributed by atoms with E-state index in [2.05, 4.69) is 44.3 Å². The molecule has 1 heterocycles. The molecule has 1 aliphatic carbocycles. The summed E-state index contributed by atoms with van der Waals surface area (Å²) in [5, 5.41) is 2.85. The molecular weight excluding hydrogens is 308 g/mol. The first kappa shape index (κ1) is 17.7. The van der Waals surface area contributed by atoms with Gasteiger partial charge in [-0.3, -0.25) is 9.78 Å². The Balaban J connectivity index is 1.95. The minimum Gasteiger partial charge on any atom is -0.327 e. The summed E-state index contributed by atoms with van der Waals surface area (Å²) in [5.41, 5.74) is 8.42. The van der Waals surface area contributed by atoms with E-state index < -0.39 is 0 Å². The number of aryl methyl sites for hydroxylation is 2. The predicted octanol–water partition coefficient (Wildman–Crippen LogP) is 5.21. The van der Waals surface area contributed by atoms with Crippen molar-refractivity contribution in [1.29, 1.82) is 0 Å². The maximum absolute atomic E-state index is 11.0. The van der Waals surface area contributed by atoms with E-state index in [0.29, 0.717) is 5.92 Å². The lowest BCUT2D eigenvalue weighted by Crippen LogP contribution is -2.12. The molecule has 3 rings (SSSR count). The Labute approximate surface area is 150 Å². The number of anilines is 1. The van der Waals surface area contributed by atoms with Gasteiger partial charge in [0.15, 0.2) is 0 Å². The van der Waals surface area contributed by atoms with Crippen molar-refractivity contribution < 1.29 is 4.79 Å². The van der Waals surface area contributed by atoms with Gasteiger partial charge in [-0.25, -0.2) is 0 Å². The van der Waals surface area contributed by atoms with Crippen LogP contribution < -0.4 is 5.32 Å². The first-order valence-corrected chi connectivity index (χ1v) is 9.36. The standard InChI is InChI=1S/C22H28N2O/c1-15-9-10-16(2)20(17(15)3)13-19-11-12-21(23-14-25)22(24-19)18-7-5-4-6-8-18/h9-12,14,18H,4-8,13H2,1-3H3,(H,23,25). The molecule has 1 aromatic heterocycles. The highest BCUT2D eigenvalue weighted by atomic mass is 16.1. The number of carbonyl (C=O) groups is 1. The molecule has 1 saturated carbocycles. The van der Waals surface area contributed by atoms with Crippen molar-refractivity contribution in [2.45, 2.75) is 65.2 Å². The van der Waals surface area contributed by atoms with Gasteiger partial charge in [0.25, 0.3) is 0 Å². The summed E-state index contributed by atoms with van der Waals surface area (Å²) in [5.74, 6) is 0.468. The fourth-order valence-electron chi connectivity index (χ4n) is 3.95. The van der Waals surface area contributed by atoms with E-state index in [0.717, 1.165) is 29.9 Å². The van der Waals surface area contributed by atoms with Crippen molar-refractivity contribution in [3.63, 3.8) is 0 Å². The van der Waals surface area contributed by atoms with Gasteiger partial charge < -0.3 is 5.32 Å². The minimum atomic E-state index is 0.468.